The Kier molecular flexibility index (Phi) is 4.59. The second-order valence-corrected chi connectivity index (χ2v) is 5.25. The summed E-state index contributed by atoms with van der Waals surface area (Å²) in [6.45, 7) is 1.27. The Balaban J connectivity index is 2.15. The van der Waals surface area contributed by atoms with Crippen LogP contribution in [0.1, 0.15) is 37.9 Å². The molecule has 0 aromatic heterocycles. The van der Waals surface area contributed by atoms with Crippen LogP contribution in [0.4, 0.5) is 4.39 Å². The van der Waals surface area contributed by atoms with Crippen LogP contribution in [-0.4, -0.2) is 5.97 Å². The molecule has 1 unspecified atom stereocenters. The van der Waals surface area contributed by atoms with Crippen molar-refractivity contribution in [2.24, 2.45) is 5.92 Å². The van der Waals surface area contributed by atoms with Crippen molar-refractivity contribution in [1.82, 2.24) is 0 Å². The van der Waals surface area contributed by atoms with Gasteiger partial charge in [0, 0.05) is 11.9 Å². The van der Waals surface area contributed by atoms with E-state index >= 15 is 0 Å². The van der Waals surface area contributed by atoms with Crippen molar-refractivity contribution in [3.63, 3.8) is 0 Å². The number of halogens is 2. The number of benzene rings is 1. The van der Waals surface area contributed by atoms with Crippen LogP contribution in [0, 0.1) is 5.92 Å². The molecule has 0 spiro atoms. The fourth-order valence-electron chi connectivity index (χ4n) is 1.83. The van der Waals surface area contributed by atoms with Crippen LogP contribution in [0.2, 0.25) is 5.02 Å². The molecule has 0 heterocycles. The smallest absolute Gasteiger partial charge is 0.303 e. The van der Waals surface area contributed by atoms with Crippen molar-refractivity contribution in [1.29, 1.82) is 0 Å². The molecule has 1 aromatic carbocycles. The Morgan fingerprint density at radius 1 is 1.47 bits per heavy atom. The van der Waals surface area contributed by atoms with Crippen LogP contribution in [0.3, 0.4) is 0 Å². The van der Waals surface area contributed by atoms with E-state index in [2.05, 4.69) is 0 Å². The maximum Gasteiger partial charge on any atom is 0.303 e. The molecule has 1 saturated carbocycles. The zero-order chi connectivity index (χ0) is 13.8. The number of ether oxygens (including phenoxy) is 1. The summed E-state index contributed by atoms with van der Waals surface area (Å²) in [4.78, 5) is 11.1. The van der Waals surface area contributed by atoms with Crippen molar-refractivity contribution < 1.29 is 13.9 Å². The van der Waals surface area contributed by atoms with E-state index in [0.717, 1.165) is 12.8 Å². The molecule has 0 bridgehead atoms. The third-order valence-electron chi connectivity index (χ3n) is 3.05. The normalized spacial score (nSPS) is 17.1. The van der Waals surface area contributed by atoms with Crippen molar-refractivity contribution in [3.05, 3.63) is 46.8 Å². The number of rotatable bonds is 5. The molecule has 19 heavy (non-hydrogen) atoms. The van der Waals surface area contributed by atoms with Gasteiger partial charge in [0.15, 0.2) is 6.10 Å². The molecule has 0 amide bonds. The highest BCUT2D eigenvalue weighted by atomic mass is 35.5. The highest BCUT2D eigenvalue weighted by Crippen LogP contribution is 2.35. The molecular weight excluding hydrogens is 267 g/mol. The van der Waals surface area contributed by atoms with Gasteiger partial charge in [0.05, 0.1) is 0 Å². The summed E-state index contributed by atoms with van der Waals surface area (Å²) in [5.74, 6) is -0.326. The Morgan fingerprint density at radius 2 is 2.11 bits per heavy atom. The molecule has 1 aromatic rings. The van der Waals surface area contributed by atoms with Crippen molar-refractivity contribution in [2.45, 2.75) is 32.3 Å². The van der Waals surface area contributed by atoms with Gasteiger partial charge in [-0.05, 0) is 49.0 Å². The van der Waals surface area contributed by atoms with Gasteiger partial charge in [-0.25, -0.2) is 4.39 Å². The second-order valence-electron chi connectivity index (χ2n) is 4.81. The molecule has 1 aliphatic carbocycles. The molecule has 0 saturated heterocycles. The first-order valence-corrected chi connectivity index (χ1v) is 6.72. The topological polar surface area (TPSA) is 26.3 Å². The van der Waals surface area contributed by atoms with Gasteiger partial charge in [-0.3, -0.25) is 4.79 Å². The van der Waals surface area contributed by atoms with E-state index in [1.54, 1.807) is 24.3 Å². The number of carbonyl (C=O) groups is 1. The van der Waals surface area contributed by atoms with E-state index < -0.39 is 17.9 Å². The van der Waals surface area contributed by atoms with Gasteiger partial charge < -0.3 is 4.74 Å². The average molecular weight is 283 g/mol. The summed E-state index contributed by atoms with van der Waals surface area (Å²) in [5.41, 5.74) is 0.587. The lowest BCUT2D eigenvalue weighted by Gasteiger charge is -2.16. The van der Waals surface area contributed by atoms with Crippen LogP contribution in [0.25, 0.3) is 0 Å². The Bertz CT molecular complexity index is 477. The van der Waals surface area contributed by atoms with Crippen LogP contribution >= 0.6 is 11.6 Å². The van der Waals surface area contributed by atoms with Crippen LogP contribution in [0.15, 0.2) is 36.2 Å². The number of esters is 1. The lowest BCUT2D eigenvalue weighted by Crippen LogP contribution is -2.09. The zero-order valence-corrected chi connectivity index (χ0v) is 11.5. The van der Waals surface area contributed by atoms with E-state index in [1.807, 2.05) is 0 Å². The third-order valence-corrected chi connectivity index (χ3v) is 3.30. The van der Waals surface area contributed by atoms with Crippen molar-refractivity contribution in [2.75, 3.05) is 0 Å². The van der Waals surface area contributed by atoms with Crippen LogP contribution in [-0.2, 0) is 9.53 Å². The van der Waals surface area contributed by atoms with Gasteiger partial charge in [0.1, 0.15) is 5.83 Å². The van der Waals surface area contributed by atoms with E-state index in [-0.39, 0.29) is 0 Å². The van der Waals surface area contributed by atoms with E-state index in [0.29, 0.717) is 22.9 Å². The summed E-state index contributed by atoms with van der Waals surface area (Å²) < 4.78 is 19.2. The number of carbonyl (C=O) groups excluding carboxylic acids is 1. The van der Waals surface area contributed by atoms with Crippen molar-refractivity contribution in [3.8, 4) is 0 Å². The number of allylic oxidation sites excluding steroid dienone is 1. The summed E-state index contributed by atoms with van der Waals surface area (Å²) >= 11 is 5.80. The molecule has 0 aliphatic heterocycles. The Hall–Kier alpha value is -1.35. The number of hydrogen-bond acceptors (Lipinski definition) is 2. The maximum absolute atomic E-state index is 14.2. The lowest BCUT2D eigenvalue weighted by molar-refractivity contribution is -0.145. The molecular formula is C15H16ClFO2. The fourth-order valence-corrected chi connectivity index (χ4v) is 1.95. The summed E-state index contributed by atoms with van der Waals surface area (Å²) in [6, 6.07) is 6.64. The highest BCUT2D eigenvalue weighted by Gasteiger charge is 2.23. The standard InChI is InChI=1S/C15H16ClFO2/c1-10(18)19-15(12-5-7-13(16)8-6-12)14(17)9-4-11-2-3-11/h5-9,11,15H,2-4H2,1H3. The summed E-state index contributed by atoms with van der Waals surface area (Å²) in [6.07, 6.45) is 3.58. The van der Waals surface area contributed by atoms with Gasteiger partial charge in [-0.1, -0.05) is 23.7 Å². The average Bonchev–Trinajstić information content (AvgIpc) is 3.18. The van der Waals surface area contributed by atoms with E-state index in [1.165, 1.54) is 13.0 Å². The van der Waals surface area contributed by atoms with Gasteiger partial charge in [0.2, 0.25) is 0 Å². The zero-order valence-electron chi connectivity index (χ0n) is 10.7. The first kappa shape index (κ1) is 14.1. The Labute approximate surface area is 117 Å². The summed E-state index contributed by atoms with van der Waals surface area (Å²) in [5, 5.41) is 0.563. The molecule has 4 heteroatoms. The predicted octanol–water partition coefficient (Wildman–Crippen LogP) is 4.60. The van der Waals surface area contributed by atoms with Gasteiger partial charge >= 0.3 is 5.97 Å². The van der Waals surface area contributed by atoms with Crippen molar-refractivity contribution >= 4 is 17.6 Å². The first-order chi connectivity index (χ1) is 9.06. The van der Waals surface area contributed by atoms with Gasteiger partial charge in [-0.15, -0.1) is 0 Å². The van der Waals surface area contributed by atoms with Gasteiger partial charge in [0.25, 0.3) is 0 Å². The molecule has 0 radical (unpaired) electrons. The minimum absolute atomic E-state index is 0.413. The fraction of sp³-hybridized carbons (Fsp3) is 0.400. The first-order valence-electron chi connectivity index (χ1n) is 6.34. The lowest BCUT2D eigenvalue weighted by atomic mass is 10.1. The molecule has 1 aliphatic rings. The molecule has 1 fully saturated rings. The van der Waals surface area contributed by atoms with Crippen LogP contribution in [0.5, 0.6) is 0 Å². The molecule has 2 rings (SSSR count). The van der Waals surface area contributed by atoms with E-state index in [9.17, 15) is 9.18 Å². The molecule has 102 valence electrons. The van der Waals surface area contributed by atoms with E-state index in [4.69, 9.17) is 16.3 Å². The minimum atomic E-state index is -0.964. The second kappa shape index (κ2) is 6.20. The Morgan fingerprint density at radius 3 is 2.63 bits per heavy atom. The van der Waals surface area contributed by atoms with Crippen LogP contribution < -0.4 is 0 Å². The number of hydrogen-bond donors (Lipinski definition) is 0. The van der Waals surface area contributed by atoms with Gasteiger partial charge in [-0.2, -0.15) is 0 Å². The molecule has 2 nitrogen and oxygen atoms in total. The SMILES string of the molecule is CC(=O)OC(C(F)=CCC1CC1)c1ccc(Cl)cc1. The summed E-state index contributed by atoms with van der Waals surface area (Å²) in [7, 11) is 0. The molecule has 0 N–H and O–H groups in total. The maximum atomic E-state index is 14.2. The molecule has 1 atom stereocenters. The monoisotopic (exact) mass is 282 g/mol. The minimum Gasteiger partial charge on any atom is -0.450 e. The largest absolute Gasteiger partial charge is 0.450 e. The quantitative estimate of drug-likeness (QED) is 0.738. The third kappa shape index (κ3) is 4.35. The predicted molar refractivity (Wildman–Crippen MR) is 72.5 cm³/mol. The highest BCUT2D eigenvalue weighted by molar-refractivity contribution is 6.30.